The molecule has 8 nitrogen and oxygen atoms in total. The molecule has 0 aliphatic rings. The summed E-state index contributed by atoms with van der Waals surface area (Å²) in [7, 11) is -6.23. The minimum Gasteiger partial charge on any atom is -0.319 e. The van der Waals surface area contributed by atoms with E-state index >= 15 is 0 Å². The maximum absolute atomic E-state index is 8.30. The van der Waals surface area contributed by atoms with E-state index in [4.69, 9.17) is 14.1 Å². The van der Waals surface area contributed by atoms with Crippen LogP contribution in [0.1, 0.15) is 54.8 Å². The van der Waals surface area contributed by atoms with Crippen LogP contribution in [-0.2, 0) is 49.1 Å². The first-order valence-corrected chi connectivity index (χ1v) is 40.6. The molecule has 13 aromatic carbocycles. The molecule has 6 heterocycles. The van der Waals surface area contributed by atoms with E-state index in [0.29, 0.717) is 17.4 Å². The third-order valence-corrected chi connectivity index (χ3v) is 30.5. The van der Waals surface area contributed by atoms with Crippen LogP contribution in [0.25, 0.3) is 94.4 Å². The molecule has 0 bridgehead atoms. The van der Waals surface area contributed by atoms with Crippen molar-refractivity contribution >= 4 is 123 Å². The van der Waals surface area contributed by atoms with Crippen molar-refractivity contribution in [3.8, 4) is 28.7 Å². The zero-order valence-corrected chi connectivity index (χ0v) is 67.0. The number of imidazole rings is 2. The molecule has 0 fully saturated rings. The summed E-state index contributed by atoms with van der Waals surface area (Å²) in [5.74, 6) is 2.50. The van der Waals surface area contributed by atoms with Gasteiger partial charge in [-0.1, -0.05) is 227 Å². The van der Waals surface area contributed by atoms with Crippen LogP contribution >= 0.6 is 0 Å². The zero-order chi connectivity index (χ0) is 74.7. The molecule has 12 heteroatoms. The monoisotopic (exact) mass is 1800 g/mol. The molecule has 19 aromatic rings. The van der Waals surface area contributed by atoms with Gasteiger partial charge in [0.15, 0.2) is 34.7 Å². The second kappa shape index (κ2) is 30.3. The van der Waals surface area contributed by atoms with E-state index in [9.17, 15) is 0 Å². The molecule has 0 aliphatic carbocycles. The third-order valence-electron chi connectivity index (χ3n) is 21.3. The van der Waals surface area contributed by atoms with Crippen molar-refractivity contribution in [3.63, 3.8) is 0 Å². The molecule has 0 N–H and O–H groups in total. The van der Waals surface area contributed by atoms with Gasteiger partial charge in [-0.25, -0.2) is 23.7 Å². The van der Waals surface area contributed by atoms with Gasteiger partial charge in [0.1, 0.15) is 33.5 Å². The second-order valence-corrected chi connectivity index (χ2v) is 35.5. The standard InChI is InChI=1S/C51H39N4Si.C46H37N4Si.2Pt/c1-37(2)38-31-32-52-51(33-38)55-47-26-13-12-25-45(47)46-30-29-44(35-50(46)55)56(41-20-8-4-9-21-41,42-22-10-5-11-23-42)43-24-16-19-40(34-43)54-36-53(39-17-6-3-7-18-39)48-27-14-15-28-49(48)54;1-33(2)34-27-28-47-46(29-34)50-42-22-11-10-21-40(42)41-26-25-39(31-45(41)50)51(36-16-6-4-7-17-36,37-18-8-5-9-19-37)38-20-14-15-35(30-38)49-32-48(3)43-23-12-13-24-44(43)49;;/h3-33,36-37H,1-2H3;4-29,32-33H,1-3H3;;/q2*-1;;/i;3D3;;. The van der Waals surface area contributed by atoms with Crippen LogP contribution in [-0.4, -0.2) is 53.5 Å². The van der Waals surface area contributed by atoms with Gasteiger partial charge < -0.3 is 9.13 Å². The average molecular weight is 1800 g/mol. The molecule has 0 saturated heterocycles. The molecule has 534 valence electrons. The SMILES string of the molecule is CC(C)c1ccnc(-n2c3[c-]c([Si](c4[c-]c(-n5[cH+]n(-c6ccccc6)c6ccccc65)ccc4)(c4ccccc4)c4ccccc4)ccc3c3ccccc32)c1.[2H]C([2H])([2H])n1[cH+]n(-c2[c-]c([Si](c3[c-]c4c(cc3)c3ccccc3n4-c3cc(C(C)C)ccn3)(c3ccccc3)c3ccccc3)ccc2)c2ccccc21.[Pt].[Pt]. The normalized spacial score (nSPS) is 12.3. The van der Waals surface area contributed by atoms with E-state index in [1.807, 2.05) is 47.3 Å². The molecular formula is C97H76N8Pt2Si2-2. The van der Waals surface area contributed by atoms with Crippen LogP contribution in [0.5, 0.6) is 0 Å². The van der Waals surface area contributed by atoms with Crippen molar-refractivity contribution in [3.05, 3.63) is 394 Å². The number of benzene rings is 13. The Kier molecular flexibility index (Phi) is 18.9. The van der Waals surface area contributed by atoms with Gasteiger partial charge in [0.2, 0.25) is 0 Å². The Morgan fingerprint density at radius 3 is 1.08 bits per heavy atom. The van der Waals surface area contributed by atoms with E-state index in [2.05, 4.69) is 380 Å². The molecule has 0 atom stereocenters. The predicted octanol–water partition coefficient (Wildman–Crippen LogP) is 17.1. The maximum Gasteiger partial charge on any atom is 0.188 e. The van der Waals surface area contributed by atoms with Crippen molar-refractivity contribution in [2.75, 3.05) is 0 Å². The van der Waals surface area contributed by atoms with E-state index < -0.39 is 23.1 Å². The first kappa shape index (κ1) is 68.1. The van der Waals surface area contributed by atoms with Gasteiger partial charge in [0.05, 0.1) is 0 Å². The Labute approximate surface area is 670 Å². The summed E-state index contributed by atoms with van der Waals surface area (Å²) < 4.78 is 37.3. The van der Waals surface area contributed by atoms with Crippen LogP contribution in [0.4, 0.5) is 0 Å². The van der Waals surface area contributed by atoms with Crippen LogP contribution in [0.2, 0.25) is 0 Å². The maximum atomic E-state index is 8.30. The van der Waals surface area contributed by atoms with Gasteiger partial charge in [-0.15, -0.1) is 40.2 Å². The fourth-order valence-corrected chi connectivity index (χ4v) is 25.3. The molecule has 0 radical (unpaired) electrons. The fraction of sp³-hybridized carbons (Fsp3) is 0.0722. The Bertz CT molecular complexity index is 6540. The Hall–Kier alpha value is -11.5. The van der Waals surface area contributed by atoms with Crippen LogP contribution < -0.4 is 41.5 Å². The molecule has 109 heavy (non-hydrogen) atoms. The summed E-state index contributed by atoms with van der Waals surface area (Å²) >= 11 is 0. The van der Waals surface area contributed by atoms with Gasteiger partial charge in [0, 0.05) is 112 Å². The number of rotatable bonds is 15. The van der Waals surface area contributed by atoms with Crippen molar-refractivity contribution in [1.82, 2.24) is 37.4 Å². The smallest absolute Gasteiger partial charge is 0.188 e. The van der Waals surface area contributed by atoms with Crippen molar-refractivity contribution < 1.29 is 46.2 Å². The number of hydrogen-bond acceptors (Lipinski definition) is 2. The number of fused-ring (bicyclic) bond motifs is 8. The topological polar surface area (TPSA) is 55.4 Å². The second-order valence-electron chi connectivity index (χ2n) is 28.1. The molecule has 19 rings (SSSR count). The van der Waals surface area contributed by atoms with E-state index in [1.165, 1.54) is 41.8 Å². The number of nitrogens with zero attached hydrogens (tertiary/aromatic N) is 8. The van der Waals surface area contributed by atoms with Crippen molar-refractivity contribution in [1.29, 1.82) is 0 Å². The Balaban J connectivity index is 0.000000167. The summed E-state index contributed by atoms with van der Waals surface area (Å²) in [4.78, 5) is 9.89. The van der Waals surface area contributed by atoms with Crippen LogP contribution in [0.15, 0.2) is 359 Å². The first-order valence-electron chi connectivity index (χ1n) is 38.1. The van der Waals surface area contributed by atoms with Crippen LogP contribution in [0.3, 0.4) is 0 Å². The molecule has 6 aromatic heterocycles. The summed E-state index contributed by atoms with van der Waals surface area (Å²) in [6.07, 6.45) is 7.72. The van der Waals surface area contributed by atoms with Gasteiger partial charge in [-0.2, -0.15) is 80.8 Å². The number of hydrogen-bond donors (Lipinski definition) is 0. The van der Waals surface area contributed by atoms with Gasteiger partial charge in [-0.3, -0.25) is 0 Å². The predicted molar refractivity (Wildman–Crippen MR) is 449 cm³/mol. The molecular weight excluding hydrogens is 1720 g/mol. The first-order chi connectivity index (χ1) is 53.9. The van der Waals surface area contributed by atoms with Crippen molar-refractivity contribution in [2.45, 2.75) is 39.5 Å². The fourth-order valence-electron chi connectivity index (χ4n) is 16.2. The van der Waals surface area contributed by atoms with Gasteiger partial charge in [-0.05, 0) is 115 Å². The average Bonchev–Trinajstić information content (AvgIpc) is 1.44. The number of aromatic nitrogens is 8. The summed E-state index contributed by atoms with van der Waals surface area (Å²) in [6.45, 7) is 6.53. The third kappa shape index (κ3) is 12.5. The summed E-state index contributed by atoms with van der Waals surface area (Å²) in [5, 5.41) is 14.0. The molecule has 0 spiro atoms. The molecule has 0 amide bonds. The minimum absolute atomic E-state index is 0. The largest absolute Gasteiger partial charge is 0.319 e. The quantitative estimate of drug-likeness (QED) is 0.0583. The molecule has 0 aliphatic heterocycles. The Morgan fingerprint density at radius 1 is 0.321 bits per heavy atom. The van der Waals surface area contributed by atoms with E-state index in [1.54, 1.807) is 6.33 Å². The number of pyridine rings is 2. The van der Waals surface area contributed by atoms with E-state index in [-0.39, 0.29) is 42.1 Å². The van der Waals surface area contributed by atoms with E-state index in [0.717, 1.165) is 104 Å². The number of aryl methyl sites for hydroxylation is 1. The number of para-hydroxylation sites is 7. The minimum atomic E-state index is -3.16. The molecule has 0 saturated carbocycles. The van der Waals surface area contributed by atoms with Gasteiger partial charge in [0.25, 0.3) is 0 Å². The molecule has 0 unspecified atom stereocenters. The van der Waals surface area contributed by atoms with Crippen LogP contribution in [0, 0.1) is 24.3 Å². The summed E-state index contributed by atoms with van der Waals surface area (Å²) in [5.41, 5.74) is 13.2. The summed E-state index contributed by atoms with van der Waals surface area (Å²) in [6, 6.07) is 134. The van der Waals surface area contributed by atoms with Gasteiger partial charge >= 0.3 is 0 Å². The zero-order valence-electron chi connectivity index (χ0n) is 63.4. The Morgan fingerprint density at radius 2 is 0.670 bits per heavy atom. The van der Waals surface area contributed by atoms with Crippen molar-refractivity contribution in [2.24, 2.45) is 6.98 Å².